The van der Waals surface area contributed by atoms with E-state index in [9.17, 15) is 4.79 Å². The molecule has 1 saturated carbocycles. The summed E-state index contributed by atoms with van der Waals surface area (Å²) < 4.78 is 0. The summed E-state index contributed by atoms with van der Waals surface area (Å²) in [6, 6.07) is 6.91. The smallest absolute Gasteiger partial charge is 0.252 e. The Labute approximate surface area is 105 Å². The second-order valence-corrected chi connectivity index (χ2v) is 4.79. The van der Waals surface area contributed by atoms with Crippen molar-refractivity contribution in [2.75, 3.05) is 0 Å². The van der Waals surface area contributed by atoms with Gasteiger partial charge in [-0.15, -0.1) is 0 Å². The number of nitrogens with one attached hydrogen (secondary N) is 1. The van der Waals surface area contributed by atoms with Crippen molar-refractivity contribution in [3.05, 3.63) is 34.3 Å². The van der Waals surface area contributed by atoms with Crippen LogP contribution in [0.2, 0.25) is 5.02 Å². The largest absolute Gasteiger partial charge is 0.336 e. The molecule has 3 nitrogen and oxygen atoms in total. The molecule has 0 aliphatic heterocycles. The molecule has 1 aliphatic carbocycles. The van der Waals surface area contributed by atoms with Gasteiger partial charge in [0.25, 0.3) is 5.91 Å². The number of hydrogen-bond donors (Lipinski definition) is 1. The van der Waals surface area contributed by atoms with Gasteiger partial charge in [0.15, 0.2) is 0 Å². The molecule has 1 unspecified atom stereocenters. The normalized spacial score (nSPS) is 16.1. The van der Waals surface area contributed by atoms with Crippen LogP contribution in [0.5, 0.6) is 0 Å². The van der Waals surface area contributed by atoms with Gasteiger partial charge in [-0.25, -0.2) is 0 Å². The monoisotopic (exact) mass is 248 g/mol. The molecule has 17 heavy (non-hydrogen) atoms. The van der Waals surface area contributed by atoms with Crippen LogP contribution >= 0.6 is 11.6 Å². The summed E-state index contributed by atoms with van der Waals surface area (Å²) in [5.41, 5.74) is 1.43. The van der Waals surface area contributed by atoms with Crippen molar-refractivity contribution in [2.45, 2.75) is 25.8 Å². The molecule has 1 fully saturated rings. The number of aryl methyl sites for hydroxylation is 1. The van der Waals surface area contributed by atoms with Crippen LogP contribution in [-0.2, 0) is 0 Å². The summed E-state index contributed by atoms with van der Waals surface area (Å²) in [4.78, 5) is 11.9. The first-order chi connectivity index (χ1) is 8.11. The van der Waals surface area contributed by atoms with E-state index in [0.717, 1.165) is 18.4 Å². The average Bonchev–Trinajstić information content (AvgIpc) is 3.13. The number of hydrogen-bond acceptors (Lipinski definition) is 2. The first-order valence-corrected chi connectivity index (χ1v) is 5.96. The Kier molecular flexibility index (Phi) is 3.35. The van der Waals surface area contributed by atoms with Gasteiger partial charge in [-0.1, -0.05) is 17.7 Å². The molecule has 2 rings (SSSR count). The van der Waals surface area contributed by atoms with Gasteiger partial charge in [0.1, 0.15) is 6.04 Å². The zero-order chi connectivity index (χ0) is 12.4. The van der Waals surface area contributed by atoms with Gasteiger partial charge in [0.2, 0.25) is 0 Å². The van der Waals surface area contributed by atoms with E-state index in [1.165, 1.54) is 0 Å². The fourth-order valence-electron chi connectivity index (χ4n) is 1.64. The highest BCUT2D eigenvalue weighted by Gasteiger charge is 2.32. The molecular formula is C13H13ClN2O. The fraction of sp³-hybridized carbons (Fsp3) is 0.385. The molecule has 0 heterocycles. The van der Waals surface area contributed by atoms with Gasteiger partial charge in [-0.2, -0.15) is 5.26 Å². The molecule has 1 atom stereocenters. The molecular weight excluding hydrogens is 236 g/mol. The van der Waals surface area contributed by atoms with Crippen molar-refractivity contribution in [1.29, 1.82) is 5.26 Å². The molecule has 0 spiro atoms. The van der Waals surface area contributed by atoms with Gasteiger partial charge in [0, 0.05) is 10.6 Å². The number of amides is 1. The van der Waals surface area contributed by atoms with Crippen LogP contribution in [0.1, 0.15) is 28.8 Å². The topological polar surface area (TPSA) is 52.9 Å². The quantitative estimate of drug-likeness (QED) is 0.894. The number of nitrogens with zero attached hydrogens (tertiary/aromatic N) is 1. The number of nitriles is 1. The minimum atomic E-state index is -0.373. The lowest BCUT2D eigenvalue weighted by Gasteiger charge is -2.10. The van der Waals surface area contributed by atoms with Crippen molar-refractivity contribution < 1.29 is 4.79 Å². The minimum absolute atomic E-state index is 0.231. The summed E-state index contributed by atoms with van der Waals surface area (Å²) in [5, 5.41) is 12.2. The van der Waals surface area contributed by atoms with Gasteiger partial charge in [-0.05, 0) is 43.4 Å². The van der Waals surface area contributed by atoms with E-state index in [4.69, 9.17) is 16.9 Å². The van der Waals surface area contributed by atoms with Crippen molar-refractivity contribution in [3.8, 4) is 6.07 Å². The Bertz CT molecular complexity index is 489. The summed E-state index contributed by atoms with van der Waals surface area (Å²) >= 11 is 5.96. The lowest BCUT2D eigenvalue weighted by molar-refractivity contribution is 0.0942. The van der Waals surface area contributed by atoms with Crippen molar-refractivity contribution in [2.24, 2.45) is 5.92 Å². The maximum absolute atomic E-state index is 11.9. The van der Waals surface area contributed by atoms with E-state index in [0.29, 0.717) is 16.5 Å². The van der Waals surface area contributed by atoms with Crippen LogP contribution in [0.3, 0.4) is 0 Å². The van der Waals surface area contributed by atoms with Crippen LogP contribution in [0.25, 0.3) is 0 Å². The van der Waals surface area contributed by atoms with Crippen molar-refractivity contribution in [3.63, 3.8) is 0 Å². The number of carbonyl (C=O) groups excluding carboxylic acids is 1. The van der Waals surface area contributed by atoms with Crippen LogP contribution in [0.15, 0.2) is 18.2 Å². The molecule has 0 radical (unpaired) electrons. The van der Waals surface area contributed by atoms with Gasteiger partial charge in [0.05, 0.1) is 6.07 Å². The molecule has 88 valence electrons. The van der Waals surface area contributed by atoms with E-state index in [2.05, 4.69) is 11.4 Å². The maximum Gasteiger partial charge on any atom is 0.252 e. The Morgan fingerprint density at radius 1 is 1.59 bits per heavy atom. The van der Waals surface area contributed by atoms with E-state index in [1.807, 2.05) is 6.92 Å². The predicted octanol–water partition coefficient (Wildman–Crippen LogP) is 2.68. The van der Waals surface area contributed by atoms with Gasteiger partial charge < -0.3 is 5.32 Å². The summed E-state index contributed by atoms with van der Waals surface area (Å²) in [6.45, 7) is 1.88. The van der Waals surface area contributed by atoms with E-state index >= 15 is 0 Å². The minimum Gasteiger partial charge on any atom is -0.336 e. The molecule has 1 aromatic carbocycles. The lowest BCUT2D eigenvalue weighted by Crippen LogP contribution is -2.35. The zero-order valence-electron chi connectivity index (χ0n) is 9.53. The average molecular weight is 249 g/mol. The second-order valence-electron chi connectivity index (χ2n) is 4.38. The van der Waals surface area contributed by atoms with Crippen molar-refractivity contribution >= 4 is 17.5 Å². The molecule has 0 saturated heterocycles. The zero-order valence-corrected chi connectivity index (χ0v) is 10.3. The van der Waals surface area contributed by atoms with Crippen molar-refractivity contribution in [1.82, 2.24) is 5.32 Å². The molecule has 0 bridgehead atoms. The second kappa shape index (κ2) is 4.77. The molecule has 1 amide bonds. The Morgan fingerprint density at radius 2 is 2.29 bits per heavy atom. The molecule has 1 N–H and O–H groups in total. The molecule has 1 aliphatic rings. The SMILES string of the molecule is Cc1ccc(C(=O)NC(C#N)C2CC2)cc1Cl. The fourth-order valence-corrected chi connectivity index (χ4v) is 1.82. The Morgan fingerprint density at radius 3 is 2.82 bits per heavy atom. The van der Waals surface area contributed by atoms with Crippen LogP contribution in [-0.4, -0.2) is 11.9 Å². The van der Waals surface area contributed by atoms with E-state index in [-0.39, 0.29) is 11.9 Å². The predicted molar refractivity (Wildman–Crippen MR) is 65.8 cm³/mol. The standard InChI is InChI=1S/C13H13ClN2O/c1-8-2-3-10(6-11(8)14)13(17)16-12(7-15)9-4-5-9/h2-3,6,9,12H,4-5H2,1H3,(H,16,17). The number of benzene rings is 1. The van der Waals surface area contributed by atoms with Gasteiger partial charge >= 0.3 is 0 Å². The third-order valence-corrected chi connectivity index (χ3v) is 3.36. The maximum atomic E-state index is 11.9. The lowest BCUT2D eigenvalue weighted by atomic mass is 10.1. The van der Waals surface area contributed by atoms with E-state index < -0.39 is 0 Å². The van der Waals surface area contributed by atoms with Crippen LogP contribution < -0.4 is 5.32 Å². The summed E-state index contributed by atoms with van der Waals surface area (Å²) in [5.74, 6) is 0.0928. The number of carbonyl (C=O) groups is 1. The number of rotatable bonds is 3. The Hall–Kier alpha value is -1.53. The van der Waals surface area contributed by atoms with Crippen LogP contribution in [0.4, 0.5) is 0 Å². The first kappa shape index (κ1) is 11.9. The number of halogens is 1. The summed E-state index contributed by atoms with van der Waals surface area (Å²) in [6.07, 6.45) is 2.04. The highest BCUT2D eigenvalue weighted by atomic mass is 35.5. The first-order valence-electron chi connectivity index (χ1n) is 5.58. The van der Waals surface area contributed by atoms with Gasteiger partial charge in [-0.3, -0.25) is 4.79 Å². The highest BCUT2D eigenvalue weighted by molar-refractivity contribution is 6.31. The Balaban J connectivity index is 2.08. The molecule has 4 heteroatoms. The summed E-state index contributed by atoms with van der Waals surface area (Å²) in [7, 11) is 0. The van der Waals surface area contributed by atoms with E-state index in [1.54, 1.807) is 18.2 Å². The third kappa shape index (κ3) is 2.78. The molecule has 1 aromatic rings. The highest BCUT2D eigenvalue weighted by Crippen LogP contribution is 2.32. The van der Waals surface area contributed by atoms with Crippen LogP contribution in [0, 0.1) is 24.2 Å². The third-order valence-electron chi connectivity index (χ3n) is 2.95. The molecule has 0 aromatic heterocycles.